The molecule has 9 heteroatoms. The van der Waals surface area contributed by atoms with Crippen molar-refractivity contribution in [3.8, 4) is 5.75 Å². The molecule has 0 unspecified atom stereocenters. The van der Waals surface area contributed by atoms with Gasteiger partial charge in [-0.05, 0) is 49.5 Å². The summed E-state index contributed by atoms with van der Waals surface area (Å²) in [5.41, 5.74) is 1.51. The van der Waals surface area contributed by atoms with Gasteiger partial charge in [0, 0.05) is 23.3 Å². The molecule has 3 N–H and O–H groups in total. The second-order valence-corrected chi connectivity index (χ2v) is 6.71. The van der Waals surface area contributed by atoms with Crippen LogP contribution in [0.15, 0.2) is 42.5 Å². The molecule has 154 valence electrons. The van der Waals surface area contributed by atoms with Crippen molar-refractivity contribution in [3.63, 3.8) is 0 Å². The zero-order valence-electron chi connectivity index (χ0n) is 16.4. The average Bonchev–Trinajstić information content (AvgIpc) is 2.67. The monoisotopic (exact) mass is 418 g/mol. The third-order valence-corrected chi connectivity index (χ3v) is 4.16. The van der Waals surface area contributed by atoms with Crippen LogP contribution in [0.1, 0.15) is 10.4 Å². The van der Waals surface area contributed by atoms with Gasteiger partial charge < -0.3 is 20.7 Å². The maximum atomic E-state index is 12.3. The Kier molecular flexibility index (Phi) is 7.99. The number of nitrogens with zero attached hydrogens (tertiary/aromatic N) is 1. The lowest BCUT2D eigenvalue weighted by molar-refractivity contribution is -0.119. The quantitative estimate of drug-likeness (QED) is 0.610. The molecule has 2 aromatic rings. The van der Waals surface area contributed by atoms with Gasteiger partial charge in [0.1, 0.15) is 5.75 Å². The van der Waals surface area contributed by atoms with E-state index in [1.165, 1.54) is 7.11 Å². The molecule has 29 heavy (non-hydrogen) atoms. The van der Waals surface area contributed by atoms with Crippen molar-refractivity contribution in [1.82, 2.24) is 10.2 Å². The van der Waals surface area contributed by atoms with E-state index in [0.717, 1.165) is 0 Å². The van der Waals surface area contributed by atoms with Gasteiger partial charge in [0.2, 0.25) is 11.8 Å². The Morgan fingerprint density at radius 3 is 2.21 bits per heavy atom. The van der Waals surface area contributed by atoms with Crippen molar-refractivity contribution in [2.45, 2.75) is 0 Å². The van der Waals surface area contributed by atoms with E-state index in [9.17, 15) is 14.4 Å². The van der Waals surface area contributed by atoms with Gasteiger partial charge in [0.25, 0.3) is 5.91 Å². The highest BCUT2D eigenvalue weighted by Gasteiger charge is 2.13. The maximum absolute atomic E-state index is 12.3. The van der Waals surface area contributed by atoms with Gasteiger partial charge in [-0.15, -0.1) is 0 Å². The number of ether oxygens (including phenoxy) is 1. The first kappa shape index (κ1) is 22.2. The van der Waals surface area contributed by atoms with Crippen molar-refractivity contribution >= 4 is 40.7 Å². The molecular weight excluding hydrogens is 396 g/mol. The highest BCUT2D eigenvalue weighted by Crippen LogP contribution is 2.27. The molecule has 0 aliphatic carbocycles. The Hall–Kier alpha value is -3.10. The van der Waals surface area contributed by atoms with E-state index in [-0.39, 0.29) is 30.8 Å². The molecule has 8 nitrogen and oxygen atoms in total. The van der Waals surface area contributed by atoms with Gasteiger partial charge in [0.15, 0.2) is 0 Å². The summed E-state index contributed by atoms with van der Waals surface area (Å²) in [7, 11) is 4.70. The van der Waals surface area contributed by atoms with Crippen LogP contribution in [0, 0.1) is 0 Å². The van der Waals surface area contributed by atoms with Crippen LogP contribution in [-0.4, -0.2) is 56.9 Å². The normalized spacial score (nSPS) is 10.4. The summed E-state index contributed by atoms with van der Waals surface area (Å²) in [6.07, 6.45) is 0. The van der Waals surface area contributed by atoms with E-state index in [4.69, 9.17) is 16.3 Å². The molecule has 0 saturated heterocycles. The number of carbonyl (C=O) groups is 3. The lowest BCUT2D eigenvalue weighted by atomic mass is 10.2. The number of carbonyl (C=O) groups excluding carboxylic acids is 3. The molecule has 0 atom stereocenters. The molecule has 0 aliphatic rings. The van der Waals surface area contributed by atoms with Gasteiger partial charge in [0.05, 0.1) is 25.9 Å². The minimum atomic E-state index is -0.309. The Bertz CT molecular complexity index is 887. The minimum absolute atomic E-state index is 0.00129. The second kappa shape index (κ2) is 10.4. The van der Waals surface area contributed by atoms with Crippen molar-refractivity contribution < 1.29 is 19.1 Å². The Labute approximate surface area is 174 Å². The SMILES string of the molecule is CNC(=O)c1ccc(NC(=O)CN(C)CC(=O)Nc2cc(Cl)ccc2OC)cc1. The molecule has 0 radical (unpaired) electrons. The molecule has 0 spiro atoms. The van der Waals surface area contributed by atoms with Gasteiger partial charge >= 0.3 is 0 Å². The Morgan fingerprint density at radius 2 is 1.62 bits per heavy atom. The fraction of sp³-hybridized carbons (Fsp3) is 0.250. The van der Waals surface area contributed by atoms with Crippen molar-refractivity contribution in [3.05, 3.63) is 53.1 Å². The number of nitrogens with one attached hydrogen (secondary N) is 3. The molecule has 0 aliphatic heterocycles. The minimum Gasteiger partial charge on any atom is -0.495 e. The predicted molar refractivity (Wildman–Crippen MR) is 113 cm³/mol. The fourth-order valence-corrected chi connectivity index (χ4v) is 2.74. The number of hydrogen-bond donors (Lipinski definition) is 3. The summed E-state index contributed by atoms with van der Waals surface area (Å²) in [4.78, 5) is 37.5. The molecule has 0 heterocycles. The Morgan fingerprint density at radius 1 is 1.00 bits per heavy atom. The van der Waals surface area contributed by atoms with Crippen molar-refractivity contribution in [2.75, 3.05) is 44.9 Å². The molecule has 0 aromatic heterocycles. The third kappa shape index (κ3) is 6.78. The first-order valence-electron chi connectivity index (χ1n) is 8.76. The van der Waals surface area contributed by atoms with Gasteiger partial charge in [-0.2, -0.15) is 0 Å². The topological polar surface area (TPSA) is 99.8 Å². The summed E-state index contributed by atoms with van der Waals surface area (Å²) < 4.78 is 5.19. The first-order valence-corrected chi connectivity index (χ1v) is 9.14. The third-order valence-electron chi connectivity index (χ3n) is 3.92. The number of rotatable bonds is 8. The standard InChI is InChI=1S/C20H23ClN4O4/c1-22-20(28)13-4-7-15(8-5-13)23-18(26)11-25(2)12-19(27)24-16-10-14(21)6-9-17(16)29-3/h4-10H,11-12H2,1-3H3,(H,22,28)(H,23,26)(H,24,27). The Balaban J connectivity index is 1.86. The van der Waals surface area contributed by atoms with Crippen LogP contribution in [0.2, 0.25) is 5.02 Å². The largest absolute Gasteiger partial charge is 0.495 e. The lowest BCUT2D eigenvalue weighted by Gasteiger charge is -2.17. The molecule has 0 fully saturated rings. The predicted octanol–water partition coefficient (Wildman–Crippen LogP) is 2.22. The molecule has 3 amide bonds. The molecule has 2 rings (SSSR count). The van der Waals surface area contributed by atoms with Gasteiger partial charge in [-0.3, -0.25) is 19.3 Å². The number of likely N-dealkylation sites (N-methyl/N-ethyl adjacent to an activating group) is 1. The van der Waals surface area contributed by atoms with Crippen LogP contribution < -0.4 is 20.7 Å². The maximum Gasteiger partial charge on any atom is 0.251 e. The van der Waals surface area contributed by atoms with Crippen LogP contribution in [-0.2, 0) is 9.59 Å². The van der Waals surface area contributed by atoms with Gasteiger partial charge in [-0.1, -0.05) is 11.6 Å². The zero-order chi connectivity index (χ0) is 21.4. The first-order chi connectivity index (χ1) is 13.8. The number of amides is 3. The summed E-state index contributed by atoms with van der Waals surface area (Å²) in [6, 6.07) is 11.4. The van der Waals surface area contributed by atoms with Crippen molar-refractivity contribution in [1.29, 1.82) is 0 Å². The smallest absolute Gasteiger partial charge is 0.251 e. The van der Waals surface area contributed by atoms with E-state index in [1.807, 2.05) is 0 Å². The number of benzene rings is 2. The van der Waals surface area contributed by atoms with E-state index in [2.05, 4.69) is 16.0 Å². The number of hydrogen-bond acceptors (Lipinski definition) is 5. The fourth-order valence-electron chi connectivity index (χ4n) is 2.56. The summed E-state index contributed by atoms with van der Waals surface area (Å²) >= 11 is 5.95. The van der Waals surface area contributed by atoms with E-state index < -0.39 is 0 Å². The zero-order valence-corrected chi connectivity index (χ0v) is 17.2. The lowest BCUT2D eigenvalue weighted by Crippen LogP contribution is -2.36. The van der Waals surface area contributed by atoms with Crippen LogP contribution >= 0.6 is 11.6 Å². The van der Waals surface area contributed by atoms with E-state index >= 15 is 0 Å². The van der Waals surface area contributed by atoms with Crippen molar-refractivity contribution in [2.24, 2.45) is 0 Å². The van der Waals surface area contributed by atoms with Crippen LogP contribution in [0.5, 0.6) is 5.75 Å². The highest BCUT2D eigenvalue weighted by atomic mass is 35.5. The van der Waals surface area contributed by atoms with Gasteiger partial charge in [-0.25, -0.2) is 0 Å². The number of anilines is 2. The number of methoxy groups -OCH3 is 1. The second-order valence-electron chi connectivity index (χ2n) is 6.27. The van der Waals surface area contributed by atoms with E-state index in [0.29, 0.717) is 27.7 Å². The summed E-state index contributed by atoms with van der Waals surface area (Å²) in [5.74, 6) is -0.308. The van der Waals surface area contributed by atoms with Crippen LogP contribution in [0.3, 0.4) is 0 Å². The van der Waals surface area contributed by atoms with Crippen LogP contribution in [0.25, 0.3) is 0 Å². The van der Waals surface area contributed by atoms with E-state index in [1.54, 1.807) is 61.5 Å². The average molecular weight is 419 g/mol. The molecule has 0 bridgehead atoms. The summed E-state index contributed by atoms with van der Waals surface area (Å²) in [6.45, 7) is 0.00992. The number of halogens is 1. The molecule has 0 saturated carbocycles. The highest BCUT2D eigenvalue weighted by molar-refractivity contribution is 6.31. The molecular formula is C20H23ClN4O4. The summed E-state index contributed by atoms with van der Waals surface area (Å²) in [5, 5.41) is 8.44. The van der Waals surface area contributed by atoms with Crippen LogP contribution in [0.4, 0.5) is 11.4 Å². The molecule has 2 aromatic carbocycles.